The van der Waals surface area contributed by atoms with Crippen LogP contribution in [-0.2, 0) is 6.54 Å². The zero-order valence-electron chi connectivity index (χ0n) is 13.2. The maximum atomic E-state index is 12.7. The Balaban J connectivity index is 2.06. The van der Waals surface area contributed by atoms with E-state index in [4.69, 9.17) is 4.74 Å². The van der Waals surface area contributed by atoms with E-state index in [9.17, 15) is 14.7 Å². The SMILES string of the molecule is CCOc1ccc2ccn(Cc3ccccc3C(=O)O)c(=O)c2c1. The number of benzene rings is 2. The number of carboxylic acid groups (broad SMARTS) is 1. The summed E-state index contributed by atoms with van der Waals surface area (Å²) in [4.78, 5) is 24.1. The molecule has 0 aliphatic carbocycles. The van der Waals surface area contributed by atoms with Gasteiger partial charge in [-0.25, -0.2) is 4.79 Å². The lowest BCUT2D eigenvalue weighted by atomic mass is 10.1. The molecule has 0 aliphatic rings. The molecule has 0 bridgehead atoms. The summed E-state index contributed by atoms with van der Waals surface area (Å²) < 4.78 is 6.97. The molecule has 122 valence electrons. The average Bonchev–Trinajstić information content (AvgIpc) is 2.58. The molecule has 0 saturated carbocycles. The molecule has 1 N–H and O–H groups in total. The van der Waals surface area contributed by atoms with Gasteiger partial charge in [-0.1, -0.05) is 24.3 Å². The lowest BCUT2D eigenvalue weighted by Crippen LogP contribution is -2.21. The van der Waals surface area contributed by atoms with Crippen molar-refractivity contribution in [2.45, 2.75) is 13.5 Å². The highest BCUT2D eigenvalue weighted by molar-refractivity contribution is 5.89. The number of pyridine rings is 1. The number of fused-ring (bicyclic) bond motifs is 1. The van der Waals surface area contributed by atoms with Crippen LogP contribution in [0.3, 0.4) is 0 Å². The highest BCUT2D eigenvalue weighted by Crippen LogP contribution is 2.18. The third-order valence-corrected chi connectivity index (χ3v) is 3.85. The van der Waals surface area contributed by atoms with Gasteiger partial charge in [-0.3, -0.25) is 4.79 Å². The van der Waals surface area contributed by atoms with Gasteiger partial charge in [0.1, 0.15) is 5.75 Å². The summed E-state index contributed by atoms with van der Waals surface area (Å²) in [6.45, 7) is 2.62. The zero-order valence-corrected chi connectivity index (χ0v) is 13.2. The van der Waals surface area contributed by atoms with E-state index in [1.54, 1.807) is 30.5 Å². The van der Waals surface area contributed by atoms with Crippen molar-refractivity contribution in [2.75, 3.05) is 6.61 Å². The standard InChI is InChI=1S/C19H17NO4/c1-2-24-15-8-7-13-9-10-20(18(21)17(13)11-15)12-14-5-3-4-6-16(14)19(22)23/h3-11H,2,12H2,1H3,(H,22,23). The van der Waals surface area contributed by atoms with Crippen LogP contribution in [-0.4, -0.2) is 22.2 Å². The topological polar surface area (TPSA) is 68.5 Å². The predicted octanol–water partition coefficient (Wildman–Crippen LogP) is 3.15. The zero-order chi connectivity index (χ0) is 17.1. The Bertz CT molecular complexity index is 959. The Hall–Kier alpha value is -3.08. The predicted molar refractivity (Wildman–Crippen MR) is 91.9 cm³/mol. The number of aromatic nitrogens is 1. The molecule has 3 aromatic rings. The van der Waals surface area contributed by atoms with Gasteiger partial charge in [-0.2, -0.15) is 0 Å². The monoisotopic (exact) mass is 323 g/mol. The van der Waals surface area contributed by atoms with E-state index in [-0.39, 0.29) is 17.7 Å². The maximum absolute atomic E-state index is 12.7. The largest absolute Gasteiger partial charge is 0.494 e. The van der Waals surface area contributed by atoms with E-state index in [1.165, 1.54) is 10.6 Å². The highest BCUT2D eigenvalue weighted by Gasteiger charge is 2.11. The summed E-state index contributed by atoms with van der Waals surface area (Å²) >= 11 is 0. The number of nitrogens with zero attached hydrogens (tertiary/aromatic N) is 1. The first-order valence-corrected chi connectivity index (χ1v) is 7.67. The van der Waals surface area contributed by atoms with Gasteiger partial charge in [0.15, 0.2) is 0 Å². The summed E-state index contributed by atoms with van der Waals surface area (Å²) in [5, 5.41) is 10.7. The van der Waals surface area contributed by atoms with Crippen LogP contribution < -0.4 is 10.3 Å². The van der Waals surface area contributed by atoms with E-state index in [0.717, 1.165) is 5.39 Å². The molecule has 1 aromatic heterocycles. The van der Waals surface area contributed by atoms with Crippen molar-refractivity contribution in [3.8, 4) is 5.75 Å². The fourth-order valence-corrected chi connectivity index (χ4v) is 2.69. The molecule has 0 amide bonds. The minimum absolute atomic E-state index is 0.172. The molecule has 0 spiro atoms. The van der Waals surface area contributed by atoms with Gasteiger partial charge in [-0.15, -0.1) is 0 Å². The van der Waals surface area contributed by atoms with Crippen molar-refractivity contribution < 1.29 is 14.6 Å². The van der Waals surface area contributed by atoms with Crippen LogP contribution in [0.4, 0.5) is 0 Å². The van der Waals surface area contributed by atoms with Gasteiger partial charge >= 0.3 is 5.97 Å². The Labute approximate surface area is 138 Å². The van der Waals surface area contributed by atoms with Gasteiger partial charge in [-0.05, 0) is 42.1 Å². The summed E-state index contributed by atoms with van der Waals surface area (Å²) in [6.07, 6.45) is 1.68. The smallest absolute Gasteiger partial charge is 0.336 e. The van der Waals surface area contributed by atoms with Crippen molar-refractivity contribution >= 4 is 16.7 Å². The number of ether oxygens (including phenoxy) is 1. The lowest BCUT2D eigenvalue weighted by Gasteiger charge is -2.10. The van der Waals surface area contributed by atoms with Gasteiger partial charge in [0.05, 0.1) is 24.1 Å². The molecule has 24 heavy (non-hydrogen) atoms. The minimum Gasteiger partial charge on any atom is -0.494 e. The molecule has 0 atom stereocenters. The Kier molecular flexibility index (Phi) is 4.33. The Morgan fingerprint density at radius 2 is 1.96 bits per heavy atom. The van der Waals surface area contributed by atoms with Crippen LogP contribution in [0.1, 0.15) is 22.8 Å². The molecule has 2 aromatic carbocycles. The van der Waals surface area contributed by atoms with Gasteiger partial charge in [0, 0.05) is 6.20 Å². The molecule has 0 saturated heterocycles. The van der Waals surface area contributed by atoms with Crippen LogP contribution in [0.2, 0.25) is 0 Å². The number of carbonyl (C=O) groups is 1. The third-order valence-electron chi connectivity index (χ3n) is 3.85. The highest BCUT2D eigenvalue weighted by atomic mass is 16.5. The molecule has 0 fully saturated rings. The second kappa shape index (κ2) is 6.58. The second-order valence-electron chi connectivity index (χ2n) is 5.39. The van der Waals surface area contributed by atoms with Crippen LogP contribution in [0.5, 0.6) is 5.75 Å². The van der Waals surface area contributed by atoms with E-state index in [0.29, 0.717) is 23.3 Å². The molecule has 1 heterocycles. The van der Waals surface area contributed by atoms with Crippen LogP contribution in [0.25, 0.3) is 10.8 Å². The average molecular weight is 323 g/mol. The second-order valence-corrected chi connectivity index (χ2v) is 5.39. The molecular weight excluding hydrogens is 306 g/mol. The molecule has 0 unspecified atom stereocenters. The van der Waals surface area contributed by atoms with Gasteiger partial charge < -0.3 is 14.4 Å². The van der Waals surface area contributed by atoms with Gasteiger partial charge in [0.2, 0.25) is 0 Å². The first kappa shape index (κ1) is 15.8. The quantitative estimate of drug-likeness (QED) is 0.783. The number of aromatic carboxylic acids is 1. The molecule has 0 radical (unpaired) electrons. The number of hydrogen-bond acceptors (Lipinski definition) is 3. The molecule has 3 rings (SSSR count). The lowest BCUT2D eigenvalue weighted by molar-refractivity contribution is 0.0695. The molecular formula is C19H17NO4. The van der Waals surface area contributed by atoms with Crippen molar-refractivity contribution in [1.82, 2.24) is 4.57 Å². The fourth-order valence-electron chi connectivity index (χ4n) is 2.69. The van der Waals surface area contributed by atoms with E-state index >= 15 is 0 Å². The number of carboxylic acids is 1. The third kappa shape index (κ3) is 3.01. The Morgan fingerprint density at radius 3 is 2.71 bits per heavy atom. The minimum atomic E-state index is -1.00. The summed E-state index contributed by atoms with van der Waals surface area (Å²) in [7, 11) is 0. The molecule has 5 nitrogen and oxygen atoms in total. The Morgan fingerprint density at radius 1 is 1.17 bits per heavy atom. The summed E-state index contributed by atoms with van der Waals surface area (Å²) in [5.74, 6) is -0.358. The van der Waals surface area contributed by atoms with Crippen molar-refractivity contribution in [3.63, 3.8) is 0 Å². The molecule has 0 aliphatic heterocycles. The van der Waals surface area contributed by atoms with E-state index < -0.39 is 5.97 Å². The first-order chi connectivity index (χ1) is 11.6. The van der Waals surface area contributed by atoms with Gasteiger partial charge in [0.25, 0.3) is 5.56 Å². The summed E-state index contributed by atoms with van der Waals surface area (Å²) in [5.41, 5.74) is 0.620. The fraction of sp³-hybridized carbons (Fsp3) is 0.158. The van der Waals surface area contributed by atoms with Crippen LogP contribution in [0.15, 0.2) is 59.5 Å². The van der Waals surface area contributed by atoms with Crippen molar-refractivity contribution in [2.24, 2.45) is 0 Å². The first-order valence-electron chi connectivity index (χ1n) is 7.67. The van der Waals surface area contributed by atoms with Crippen LogP contribution >= 0.6 is 0 Å². The molecule has 5 heteroatoms. The van der Waals surface area contributed by atoms with E-state index in [1.807, 2.05) is 25.1 Å². The summed E-state index contributed by atoms with van der Waals surface area (Å²) in [6, 6.07) is 13.9. The van der Waals surface area contributed by atoms with Crippen LogP contribution in [0, 0.1) is 0 Å². The van der Waals surface area contributed by atoms with Crippen molar-refractivity contribution in [1.29, 1.82) is 0 Å². The van der Waals surface area contributed by atoms with E-state index in [2.05, 4.69) is 0 Å². The maximum Gasteiger partial charge on any atom is 0.336 e. The normalized spacial score (nSPS) is 10.7. The number of rotatable bonds is 5. The number of hydrogen-bond donors (Lipinski definition) is 1. The van der Waals surface area contributed by atoms with Crippen molar-refractivity contribution in [3.05, 3.63) is 76.2 Å².